The van der Waals surface area contributed by atoms with E-state index in [9.17, 15) is 5.41 Å². The summed E-state index contributed by atoms with van der Waals surface area (Å²) in [5.74, 6) is 0.428. The minimum Gasteiger partial charge on any atom is -0.383 e. The molecule has 14 aromatic rings. The SMILES string of the molecule is N=C(/N=C(\N)c1ccc2sc3c(-c4cccc(-n5c6ccccc6c6ncccc65)c4)cccc3c2c1)c1ccc2sc3c(-c4cccc(-n5c6ccccc6c6ncccc65)c4)cccc3c2c1. The van der Waals surface area contributed by atoms with E-state index in [1.165, 1.54) is 25.2 Å². The Hall–Kier alpha value is -8.76. The molecule has 6 heterocycles. The molecule has 0 saturated carbocycles. The van der Waals surface area contributed by atoms with Gasteiger partial charge in [0.05, 0.1) is 33.1 Å². The average Bonchev–Trinajstić information content (AvgIpc) is 4.16. The number of fused-ring (bicyclic) bond motifs is 12. The second kappa shape index (κ2) is 15.4. The largest absolute Gasteiger partial charge is 0.383 e. The van der Waals surface area contributed by atoms with Crippen LogP contribution in [0, 0.1) is 5.41 Å². The number of aliphatic imine (C=N–C) groups is 1. The predicted molar refractivity (Wildman–Crippen MR) is 291 cm³/mol. The number of para-hydroxylation sites is 2. The van der Waals surface area contributed by atoms with E-state index in [1.807, 2.05) is 36.7 Å². The summed E-state index contributed by atoms with van der Waals surface area (Å²) in [6, 6.07) is 68.2. The summed E-state index contributed by atoms with van der Waals surface area (Å²) in [5.41, 5.74) is 21.5. The van der Waals surface area contributed by atoms with Crippen molar-refractivity contribution in [1.29, 1.82) is 5.41 Å². The third-order valence-corrected chi connectivity index (χ3v) is 15.9. The average molecular weight is 920 g/mol. The molecule has 6 aromatic heterocycles. The molecule has 9 heteroatoms. The first kappa shape index (κ1) is 39.4. The summed E-state index contributed by atoms with van der Waals surface area (Å²) < 4.78 is 9.34. The first-order valence-corrected chi connectivity index (χ1v) is 24.4. The fraction of sp³-hybridized carbons (Fsp3) is 0. The van der Waals surface area contributed by atoms with Gasteiger partial charge in [0.15, 0.2) is 5.84 Å². The molecule has 69 heavy (non-hydrogen) atoms. The van der Waals surface area contributed by atoms with Crippen LogP contribution in [-0.4, -0.2) is 30.8 Å². The van der Waals surface area contributed by atoms with E-state index in [0.29, 0.717) is 11.4 Å². The molecule has 3 N–H and O–H groups in total. The molecular formula is C60H37N7S2. The zero-order chi connectivity index (χ0) is 45.7. The second-order valence-electron chi connectivity index (χ2n) is 17.4. The summed E-state index contributed by atoms with van der Waals surface area (Å²) in [6.07, 6.45) is 3.72. The van der Waals surface area contributed by atoms with Crippen molar-refractivity contribution in [2.45, 2.75) is 0 Å². The Balaban J connectivity index is 0.785. The van der Waals surface area contributed by atoms with E-state index in [0.717, 1.165) is 98.2 Å². The third-order valence-electron chi connectivity index (χ3n) is 13.5. The maximum absolute atomic E-state index is 9.20. The number of amidine groups is 2. The van der Waals surface area contributed by atoms with Crippen LogP contribution < -0.4 is 5.73 Å². The van der Waals surface area contributed by atoms with Gasteiger partial charge in [0.1, 0.15) is 5.84 Å². The van der Waals surface area contributed by atoms with Crippen LogP contribution in [0.5, 0.6) is 0 Å². The van der Waals surface area contributed by atoms with Gasteiger partial charge in [0, 0.05) is 86.0 Å². The fourth-order valence-corrected chi connectivity index (χ4v) is 12.8. The summed E-state index contributed by atoms with van der Waals surface area (Å²) in [6.45, 7) is 0. The van der Waals surface area contributed by atoms with Crippen LogP contribution in [0.25, 0.3) is 118 Å². The summed E-state index contributed by atoms with van der Waals surface area (Å²) in [7, 11) is 0. The Morgan fingerprint density at radius 2 is 0.899 bits per heavy atom. The zero-order valence-corrected chi connectivity index (χ0v) is 38.4. The summed E-state index contributed by atoms with van der Waals surface area (Å²) in [5, 5.41) is 16.0. The van der Waals surface area contributed by atoms with Gasteiger partial charge in [-0.05, 0) is 119 Å². The van der Waals surface area contributed by atoms with E-state index in [2.05, 4.69) is 179 Å². The van der Waals surface area contributed by atoms with Gasteiger partial charge in [-0.25, -0.2) is 4.99 Å². The van der Waals surface area contributed by atoms with Crippen molar-refractivity contribution in [2.24, 2.45) is 10.7 Å². The van der Waals surface area contributed by atoms with Crippen LogP contribution in [0.15, 0.2) is 212 Å². The second-order valence-corrected chi connectivity index (χ2v) is 19.5. The molecule has 0 aliphatic heterocycles. The van der Waals surface area contributed by atoms with E-state index < -0.39 is 0 Å². The van der Waals surface area contributed by atoms with Crippen LogP contribution in [-0.2, 0) is 0 Å². The Labute approximate surface area is 402 Å². The van der Waals surface area contributed by atoms with Crippen LogP contribution in [0.2, 0.25) is 0 Å². The zero-order valence-electron chi connectivity index (χ0n) is 36.8. The molecule has 0 unspecified atom stereocenters. The van der Waals surface area contributed by atoms with E-state index in [-0.39, 0.29) is 5.84 Å². The quantitative estimate of drug-likeness (QED) is 0.128. The minimum atomic E-state index is 0.120. The standard InChI is InChI=1S/C60H37N7S2/c61-59(37-25-27-53-47(33-37)43-19-7-17-41(57(43)68-53)35-11-5-13-39(31-35)66-49-21-3-1-15-45(49)55-51(66)23-9-29-63-55)65-60(62)38-26-28-54-48(34-38)44-20-8-18-42(58(44)69-54)36-12-6-14-40(32-36)67-50-22-4-2-16-46(50)56-52(67)24-10-30-64-56/h1-34H,(H3,61,62,65). The topological polar surface area (TPSA) is 97.9 Å². The highest BCUT2D eigenvalue weighted by Gasteiger charge is 2.18. The number of pyridine rings is 2. The van der Waals surface area contributed by atoms with Gasteiger partial charge in [-0.2, -0.15) is 0 Å². The highest BCUT2D eigenvalue weighted by atomic mass is 32.1. The van der Waals surface area contributed by atoms with Gasteiger partial charge in [0.2, 0.25) is 0 Å². The Morgan fingerprint density at radius 3 is 1.45 bits per heavy atom. The van der Waals surface area contributed by atoms with Crippen LogP contribution >= 0.6 is 22.7 Å². The molecule has 8 aromatic carbocycles. The molecule has 0 amide bonds. The number of nitrogens with one attached hydrogen (secondary N) is 1. The monoisotopic (exact) mass is 919 g/mol. The first-order chi connectivity index (χ1) is 34.0. The van der Waals surface area contributed by atoms with Crippen molar-refractivity contribution in [3.05, 3.63) is 218 Å². The lowest BCUT2D eigenvalue weighted by Gasteiger charge is -2.11. The number of thiophene rings is 2. The number of nitrogens with two attached hydrogens (primary N) is 1. The number of hydrogen-bond acceptors (Lipinski definition) is 5. The van der Waals surface area contributed by atoms with Crippen molar-refractivity contribution < 1.29 is 0 Å². The highest BCUT2D eigenvalue weighted by Crippen LogP contribution is 2.43. The van der Waals surface area contributed by atoms with Crippen molar-refractivity contribution in [3.63, 3.8) is 0 Å². The molecule has 324 valence electrons. The molecule has 0 radical (unpaired) electrons. The molecule has 0 atom stereocenters. The van der Waals surface area contributed by atoms with Gasteiger partial charge in [-0.15, -0.1) is 22.7 Å². The number of aromatic nitrogens is 4. The van der Waals surface area contributed by atoms with Gasteiger partial charge in [-0.3, -0.25) is 15.4 Å². The molecule has 7 nitrogen and oxygen atoms in total. The number of rotatable bonds is 6. The summed E-state index contributed by atoms with van der Waals surface area (Å²) in [4.78, 5) is 14.2. The van der Waals surface area contributed by atoms with Gasteiger partial charge < -0.3 is 14.9 Å². The van der Waals surface area contributed by atoms with Gasteiger partial charge >= 0.3 is 0 Å². The third kappa shape index (κ3) is 6.18. The Bertz CT molecular complexity index is 4380. The number of nitrogens with zero attached hydrogens (tertiary/aromatic N) is 5. The van der Waals surface area contributed by atoms with Crippen molar-refractivity contribution in [3.8, 4) is 33.6 Å². The summed E-state index contributed by atoms with van der Waals surface area (Å²) >= 11 is 3.56. The van der Waals surface area contributed by atoms with E-state index >= 15 is 0 Å². The molecule has 0 bridgehead atoms. The van der Waals surface area contributed by atoms with Crippen molar-refractivity contribution in [1.82, 2.24) is 19.1 Å². The maximum Gasteiger partial charge on any atom is 0.154 e. The normalized spacial score (nSPS) is 12.3. The number of benzene rings is 8. The van der Waals surface area contributed by atoms with Crippen molar-refractivity contribution >= 4 is 119 Å². The fourth-order valence-electron chi connectivity index (χ4n) is 10.4. The minimum absolute atomic E-state index is 0.120. The van der Waals surface area contributed by atoms with Crippen LogP contribution in [0.1, 0.15) is 11.1 Å². The lowest BCUT2D eigenvalue weighted by molar-refractivity contribution is 1.18. The highest BCUT2D eigenvalue weighted by molar-refractivity contribution is 7.26. The molecular weight excluding hydrogens is 883 g/mol. The lowest BCUT2D eigenvalue weighted by Crippen LogP contribution is -2.15. The van der Waals surface area contributed by atoms with E-state index in [4.69, 9.17) is 20.7 Å². The smallest absolute Gasteiger partial charge is 0.154 e. The first-order valence-electron chi connectivity index (χ1n) is 22.8. The van der Waals surface area contributed by atoms with Crippen LogP contribution in [0.4, 0.5) is 0 Å². The predicted octanol–water partition coefficient (Wildman–Crippen LogP) is 15.5. The molecule has 0 fully saturated rings. The Morgan fingerprint density at radius 1 is 0.435 bits per heavy atom. The number of hydrogen-bond donors (Lipinski definition) is 2. The van der Waals surface area contributed by atoms with E-state index in [1.54, 1.807) is 22.7 Å². The Kier molecular flexibility index (Phi) is 8.79. The molecule has 0 aliphatic carbocycles. The molecule has 0 saturated heterocycles. The van der Waals surface area contributed by atoms with Crippen LogP contribution in [0.3, 0.4) is 0 Å². The molecule has 14 rings (SSSR count). The maximum atomic E-state index is 9.20. The van der Waals surface area contributed by atoms with Gasteiger partial charge in [-0.1, -0.05) is 97.1 Å². The van der Waals surface area contributed by atoms with Gasteiger partial charge in [0.25, 0.3) is 0 Å². The molecule has 0 aliphatic rings. The molecule has 0 spiro atoms. The lowest BCUT2D eigenvalue weighted by atomic mass is 10.0. The van der Waals surface area contributed by atoms with Crippen molar-refractivity contribution in [2.75, 3.05) is 0 Å².